The average molecular weight is 583 g/mol. The van der Waals surface area contributed by atoms with Gasteiger partial charge in [-0.05, 0) is 97.5 Å². The van der Waals surface area contributed by atoms with Crippen molar-refractivity contribution < 1.29 is 19.2 Å². The van der Waals surface area contributed by atoms with Crippen LogP contribution in [0, 0.1) is 6.92 Å². The van der Waals surface area contributed by atoms with E-state index in [0.29, 0.717) is 55.4 Å². The lowest BCUT2D eigenvalue weighted by Gasteiger charge is -2.37. The van der Waals surface area contributed by atoms with Crippen LogP contribution in [0.1, 0.15) is 81.8 Å². The van der Waals surface area contributed by atoms with Crippen LogP contribution in [0.5, 0.6) is 5.75 Å². The Morgan fingerprint density at radius 3 is 2.38 bits per heavy atom. The summed E-state index contributed by atoms with van der Waals surface area (Å²) in [7, 11) is 0. The van der Waals surface area contributed by atoms with E-state index in [0.717, 1.165) is 53.7 Å². The lowest BCUT2D eigenvalue weighted by atomic mass is 9.68. The van der Waals surface area contributed by atoms with Crippen LogP contribution in [0.25, 0.3) is 11.3 Å². The molecule has 1 N–H and O–H groups in total. The largest absolute Gasteiger partial charge is 0.489 e. The van der Waals surface area contributed by atoms with Crippen molar-refractivity contribution >= 4 is 40.8 Å². The van der Waals surface area contributed by atoms with Crippen molar-refractivity contribution in [2.45, 2.75) is 57.0 Å². The fourth-order valence-corrected chi connectivity index (χ4v) is 6.35. The molecule has 6 rings (SSSR count). The van der Waals surface area contributed by atoms with Gasteiger partial charge in [0, 0.05) is 16.5 Å². The van der Waals surface area contributed by atoms with Crippen LogP contribution >= 0.6 is 34.8 Å². The number of ether oxygens (including phenoxy) is 1. The molecule has 2 saturated carbocycles. The van der Waals surface area contributed by atoms with Crippen molar-refractivity contribution in [3.8, 4) is 17.0 Å². The summed E-state index contributed by atoms with van der Waals surface area (Å²) < 4.78 is 11.9. The fraction of sp³-hybridized carbons (Fsp3) is 0.290. The highest BCUT2D eigenvalue weighted by molar-refractivity contribution is 6.39. The van der Waals surface area contributed by atoms with Gasteiger partial charge >= 0.3 is 5.97 Å². The topological polar surface area (TPSA) is 72.6 Å². The number of aromatic carboxylic acids is 1. The van der Waals surface area contributed by atoms with Crippen LogP contribution < -0.4 is 4.74 Å². The fourth-order valence-electron chi connectivity index (χ4n) is 5.45. The maximum Gasteiger partial charge on any atom is 0.335 e. The van der Waals surface area contributed by atoms with Crippen molar-refractivity contribution in [1.29, 1.82) is 0 Å². The molecule has 0 aliphatic heterocycles. The molecule has 0 unspecified atom stereocenters. The van der Waals surface area contributed by atoms with Crippen LogP contribution in [0.2, 0.25) is 15.1 Å². The Morgan fingerprint density at radius 2 is 1.72 bits per heavy atom. The molecule has 0 bridgehead atoms. The summed E-state index contributed by atoms with van der Waals surface area (Å²) in [6.07, 6.45) is 3.97. The minimum Gasteiger partial charge on any atom is -0.489 e. The monoisotopic (exact) mass is 581 g/mol. The molecular weight excluding hydrogens is 557 g/mol. The van der Waals surface area contributed by atoms with E-state index < -0.39 is 5.97 Å². The first-order chi connectivity index (χ1) is 18.8. The lowest BCUT2D eigenvalue weighted by molar-refractivity contribution is 0.0696. The van der Waals surface area contributed by atoms with Gasteiger partial charge in [-0.15, -0.1) is 0 Å². The highest BCUT2D eigenvalue weighted by Gasteiger charge is 2.35. The van der Waals surface area contributed by atoms with Gasteiger partial charge in [0.15, 0.2) is 0 Å². The zero-order chi connectivity index (χ0) is 27.3. The standard InChI is InChI=1S/C31H26Cl3NO4/c1-16-9-18(13-21(10-16)31(36)37)19-11-20(12-19)23-8-7-22(14-27(23)34)38-15-24-29(35-39-30(24)17-5-6-17)28-25(32)3-2-4-26(28)33/h2-4,7-10,13-14,17,19-20H,5-6,11-12,15H2,1H3,(H,36,37). The molecule has 2 aliphatic rings. The second-order valence-corrected chi connectivity index (χ2v) is 11.7. The van der Waals surface area contributed by atoms with Crippen LogP contribution in [0.3, 0.4) is 0 Å². The van der Waals surface area contributed by atoms with Gasteiger partial charge in [0.25, 0.3) is 0 Å². The van der Waals surface area contributed by atoms with Crippen LogP contribution in [-0.2, 0) is 6.61 Å². The van der Waals surface area contributed by atoms with Crippen molar-refractivity contribution in [2.75, 3.05) is 0 Å². The number of carboxylic acid groups (broad SMARTS) is 1. The molecule has 0 amide bonds. The molecule has 2 fully saturated rings. The van der Waals surface area contributed by atoms with E-state index in [1.165, 1.54) is 0 Å². The summed E-state index contributed by atoms with van der Waals surface area (Å²) in [5.74, 6) is 1.56. The minimum absolute atomic E-state index is 0.257. The van der Waals surface area contributed by atoms with Gasteiger partial charge in [0.05, 0.1) is 21.2 Å². The van der Waals surface area contributed by atoms with E-state index in [1.54, 1.807) is 30.3 Å². The van der Waals surface area contributed by atoms with E-state index in [2.05, 4.69) is 11.2 Å². The molecule has 0 radical (unpaired) electrons. The zero-order valence-electron chi connectivity index (χ0n) is 21.2. The molecule has 200 valence electrons. The van der Waals surface area contributed by atoms with Crippen LogP contribution in [0.4, 0.5) is 0 Å². The van der Waals surface area contributed by atoms with Gasteiger partial charge in [-0.1, -0.05) is 58.2 Å². The second kappa shape index (κ2) is 10.5. The van der Waals surface area contributed by atoms with Gasteiger partial charge in [0.1, 0.15) is 23.8 Å². The summed E-state index contributed by atoms with van der Waals surface area (Å²) in [6, 6.07) is 16.8. The molecule has 1 heterocycles. The lowest BCUT2D eigenvalue weighted by Crippen LogP contribution is -2.21. The Morgan fingerprint density at radius 1 is 0.974 bits per heavy atom. The smallest absolute Gasteiger partial charge is 0.335 e. The highest BCUT2D eigenvalue weighted by Crippen LogP contribution is 2.50. The maximum atomic E-state index is 11.5. The predicted molar refractivity (Wildman–Crippen MR) is 153 cm³/mol. The third-order valence-corrected chi connectivity index (χ3v) is 8.67. The van der Waals surface area contributed by atoms with Crippen molar-refractivity contribution in [2.24, 2.45) is 0 Å². The van der Waals surface area contributed by atoms with Crippen molar-refractivity contribution in [1.82, 2.24) is 5.16 Å². The van der Waals surface area contributed by atoms with Gasteiger partial charge in [-0.3, -0.25) is 0 Å². The summed E-state index contributed by atoms with van der Waals surface area (Å²) >= 11 is 19.7. The molecule has 2 aliphatic carbocycles. The Balaban J connectivity index is 1.17. The molecule has 8 heteroatoms. The first-order valence-electron chi connectivity index (χ1n) is 13.0. The number of aromatic nitrogens is 1. The molecule has 0 atom stereocenters. The number of hydrogen-bond acceptors (Lipinski definition) is 4. The van der Waals surface area contributed by atoms with Gasteiger partial charge in [0.2, 0.25) is 0 Å². The van der Waals surface area contributed by atoms with Gasteiger partial charge < -0.3 is 14.4 Å². The zero-order valence-corrected chi connectivity index (χ0v) is 23.5. The Bertz CT molecular complexity index is 1550. The van der Waals surface area contributed by atoms with Gasteiger partial charge in [-0.25, -0.2) is 4.79 Å². The molecular formula is C31H26Cl3NO4. The average Bonchev–Trinajstić information content (AvgIpc) is 3.63. The van der Waals surface area contributed by atoms with Crippen molar-refractivity contribution in [3.05, 3.63) is 103 Å². The van der Waals surface area contributed by atoms with Gasteiger partial charge in [-0.2, -0.15) is 0 Å². The number of carbonyl (C=O) groups is 1. The maximum absolute atomic E-state index is 11.5. The quantitative estimate of drug-likeness (QED) is 0.224. The van der Waals surface area contributed by atoms with E-state index in [1.807, 2.05) is 25.1 Å². The molecule has 5 nitrogen and oxygen atoms in total. The van der Waals surface area contributed by atoms with E-state index in [-0.39, 0.29) is 6.61 Å². The Labute approximate surface area is 241 Å². The normalized spacial score (nSPS) is 18.6. The van der Waals surface area contributed by atoms with Crippen LogP contribution in [0.15, 0.2) is 59.1 Å². The number of hydrogen-bond donors (Lipinski definition) is 1. The highest BCUT2D eigenvalue weighted by atomic mass is 35.5. The third-order valence-electron chi connectivity index (χ3n) is 7.72. The Kier molecular flexibility index (Phi) is 7.09. The minimum atomic E-state index is -0.896. The molecule has 0 saturated heterocycles. The predicted octanol–water partition coefficient (Wildman–Crippen LogP) is 9.43. The second-order valence-electron chi connectivity index (χ2n) is 10.5. The number of benzene rings is 3. The van der Waals surface area contributed by atoms with Crippen molar-refractivity contribution in [3.63, 3.8) is 0 Å². The third kappa shape index (κ3) is 5.28. The SMILES string of the molecule is Cc1cc(C(=O)O)cc(C2CC(c3ccc(OCc4c(-c5c(Cl)cccc5Cl)noc4C4CC4)cc3Cl)C2)c1. The Hall–Kier alpha value is -2.99. The summed E-state index contributed by atoms with van der Waals surface area (Å²) in [5.41, 5.74) is 5.57. The first-order valence-corrected chi connectivity index (χ1v) is 14.1. The molecule has 3 aromatic carbocycles. The van der Waals surface area contributed by atoms with E-state index >= 15 is 0 Å². The summed E-state index contributed by atoms with van der Waals surface area (Å²) in [6.45, 7) is 2.19. The number of rotatable bonds is 8. The van der Waals surface area contributed by atoms with E-state index in [9.17, 15) is 9.90 Å². The molecule has 4 aromatic rings. The van der Waals surface area contributed by atoms with Crippen LogP contribution in [-0.4, -0.2) is 16.2 Å². The molecule has 1 aromatic heterocycles. The molecule has 0 spiro atoms. The first kappa shape index (κ1) is 26.2. The number of carboxylic acids is 1. The number of aryl methyl sites for hydroxylation is 1. The molecule has 39 heavy (non-hydrogen) atoms. The summed E-state index contributed by atoms with van der Waals surface area (Å²) in [4.78, 5) is 11.5. The number of nitrogens with zero attached hydrogens (tertiary/aromatic N) is 1. The summed E-state index contributed by atoms with van der Waals surface area (Å²) in [5, 5.41) is 15.4. The van der Waals surface area contributed by atoms with E-state index in [4.69, 9.17) is 44.1 Å². The number of halogens is 3.